The molecule has 1 aromatic heterocycles. The van der Waals surface area contributed by atoms with E-state index in [4.69, 9.17) is 21.6 Å². The number of nitrogens with zero attached hydrogens (tertiary/aromatic N) is 4. The normalized spacial score (nSPS) is 14.9. The number of rotatable bonds is 7. The SMILES string of the molecule is CC(C)c1cccc(C(C)C)c1N1/C(=C/C=C2C(=O)c3cc4ccccc4cc3C2=O)N(c2c(C(C)C)cccc2C(C)C)c2nc3cc(Cl)ccc3nc21. The first-order chi connectivity index (χ1) is 26.3. The molecule has 0 bridgehead atoms. The number of ketones is 2. The maximum atomic E-state index is 14.2. The van der Waals surface area contributed by atoms with Gasteiger partial charge in [0, 0.05) is 16.1 Å². The number of carbonyl (C=O) groups is 2. The Morgan fingerprint density at radius 2 is 0.964 bits per heavy atom. The number of anilines is 4. The van der Waals surface area contributed by atoms with E-state index in [9.17, 15) is 9.59 Å². The lowest BCUT2D eigenvalue weighted by Crippen LogP contribution is -2.26. The van der Waals surface area contributed by atoms with Gasteiger partial charge in [-0.1, -0.05) is 128 Å². The summed E-state index contributed by atoms with van der Waals surface area (Å²) < 4.78 is 0. The third-order valence-corrected chi connectivity index (χ3v) is 11.1. The summed E-state index contributed by atoms with van der Waals surface area (Å²) in [6, 6.07) is 30.1. The molecule has 1 aliphatic carbocycles. The van der Waals surface area contributed by atoms with Crippen LogP contribution < -0.4 is 9.80 Å². The number of hydrogen-bond donors (Lipinski definition) is 0. The molecule has 6 aromatic rings. The third-order valence-electron chi connectivity index (χ3n) is 10.9. The fourth-order valence-electron chi connectivity index (χ4n) is 8.07. The molecule has 8 rings (SSSR count). The van der Waals surface area contributed by atoms with Gasteiger partial charge in [-0.15, -0.1) is 0 Å². The molecule has 7 heteroatoms. The highest BCUT2D eigenvalue weighted by Crippen LogP contribution is 2.54. The van der Waals surface area contributed by atoms with E-state index >= 15 is 0 Å². The summed E-state index contributed by atoms with van der Waals surface area (Å²) in [6.45, 7) is 17.7. The molecule has 0 saturated carbocycles. The van der Waals surface area contributed by atoms with Gasteiger partial charge in [-0.05, 0) is 99.2 Å². The minimum atomic E-state index is -0.274. The molecule has 1 aliphatic heterocycles. The second kappa shape index (κ2) is 13.9. The van der Waals surface area contributed by atoms with E-state index in [0.717, 1.165) is 50.2 Å². The quantitative estimate of drug-likeness (QED) is 0.120. The van der Waals surface area contributed by atoms with Crippen molar-refractivity contribution in [2.75, 3.05) is 9.80 Å². The van der Waals surface area contributed by atoms with Gasteiger partial charge >= 0.3 is 0 Å². The molecule has 5 aromatic carbocycles. The summed E-state index contributed by atoms with van der Waals surface area (Å²) in [5, 5.41) is 2.42. The zero-order chi connectivity index (χ0) is 38.9. The van der Waals surface area contributed by atoms with Gasteiger partial charge in [-0.25, -0.2) is 9.97 Å². The number of Topliss-reactive ketones (excluding diaryl/α,β-unsaturated/α-hetero) is 2. The van der Waals surface area contributed by atoms with E-state index in [1.807, 2.05) is 60.7 Å². The zero-order valence-electron chi connectivity index (χ0n) is 32.6. The maximum absolute atomic E-state index is 14.2. The smallest absolute Gasteiger partial charge is 0.197 e. The standard InChI is InChI=1S/C48H45ClN4O2/c1-26(2)33-15-11-16-34(27(3)4)43(33)52-42(22-20-37-45(54)38-23-30-13-9-10-14-31(30)24-39(38)46(37)55)53(44-35(28(5)6)17-12-18-36(44)29(7)8)48-47(52)50-40-21-19-32(49)25-41(40)51-48/h9-29H,1-8H3/b42-22-. The predicted molar refractivity (Wildman–Crippen MR) is 227 cm³/mol. The van der Waals surface area contributed by atoms with E-state index in [1.165, 1.54) is 0 Å². The van der Waals surface area contributed by atoms with E-state index < -0.39 is 0 Å². The highest BCUT2D eigenvalue weighted by Gasteiger charge is 2.42. The highest BCUT2D eigenvalue weighted by molar-refractivity contribution is 6.40. The summed E-state index contributed by atoms with van der Waals surface area (Å²) in [7, 11) is 0. The molecule has 0 amide bonds. The second-order valence-corrected chi connectivity index (χ2v) is 16.3. The Morgan fingerprint density at radius 3 is 1.40 bits per heavy atom. The topological polar surface area (TPSA) is 66.4 Å². The number of allylic oxidation sites excluding steroid dienone is 3. The van der Waals surface area contributed by atoms with E-state index in [-0.39, 0.29) is 40.8 Å². The van der Waals surface area contributed by atoms with Crippen LogP contribution in [0.1, 0.15) is 122 Å². The first kappa shape index (κ1) is 36.4. The van der Waals surface area contributed by atoms with Crippen LogP contribution in [0.5, 0.6) is 0 Å². The van der Waals surface area contributed by atoms with Gasteiger partial charge in [-0.2, -0.15) is 0 Å². The van der Waals surface area contributed by atoms with Crippen LogP contribution in [0, 0.1) is 0 Å². The van der Waals surface area contributed by atoms with Crippen LogP contribution in [0.4, 0.5) is 23.0 Å². The van der Waals surface area contributed by atoms with Gasteiger partial charge < -0.3 is 0 Å². The van der Waals surface area contributed by atoms with Crippen LogP contribution in [0.15, 0.2) is 115 Å². The minimum absolute atomic E-state index is 0.133. The van der Waals surface area contributed by atoms with Crippen molar-refractivity contribution in [1.29, 1.82) is 0 Å². The van der Waals surface area contributed by atoms with Crippen LogP contribution in [0.25, 0.3) is 21.8 Å². The van der Waals surface area contributed by atoms with Gasteiger partial charge in [0.1, 0.15) is 5.82 Å². The van der Waals surface area contributed by atoms with Crippen LogP contribution in [0.2, 0.25) is 5.02 Å². The number of para-hydroxylation sites is 2. The van der Waals surface area contributed by atoms with E-state index in [2.05, 4.69) is 102 Å². The Kier molecular flexibility index (Phi) is 9.21. The summed E-state index contributed by atoms with van der Waals surface area (Å²) in [4.78, 5) is 43.5. The number of halogens is 1. The average molecular weight is 745 g/mol. The number of hydrogen-bond acceptors (Lipinski definition) is 6. The maximum Gasteiger partial charge on any atom is 0.197 e. The largest absolute Gasteiger partial charge is 0.288 e. The lowest BCUT2D eigenvalue weighted by atomic mass is 9.91. The molecule has 6 nitrogen and oxygen atoms in total. The van der Waals surface area contributed by atoms with Crippen molar-refractivity contribution in [3.63, 3.8) is 0 Å². The first-order valence-electron chi connectivity index (χ1n) is 19.2. The molecule has 2 aliphatic rings. The zero-order valence-corrected chi connectivity index (χ0v) is 33.4. The van der Waals surface area contributed by atoms with Crippen molar-refractivity contribution in [2.24, 2.45) is 0 Å². The number of aromatic nitrogens is 2. The molecule has 276 valence electrons. The van der Waals surface area contributed by atoms with Gasteiger partial charge in [-0.3, -0.25) is 19.4 Å². The summed E-state index contributed by atoms with van der Waals surface area (Å²) in [6.07, 6.45) is 3.65. The number of benzene rings is 5. The summed E-state index contributed by atoms with van der Waals surface area (Å²) in [5.74, 6) is 2.20. The molecule has 0 N–H and O–H groups in total. The summed E-state index contributed by atoms with van der Waals surface area (Å²) in [5.41, 5.74) is 9.04. The number of fused-ring (bicyclic) bond motifs is 4. The van der Waals surface area contributed by atoms with Crippen LogP contribution in [-0.2, 0) is 0 Å². The molecular weight excluding hydrogens is 700 g/mol. The molecule has 2 heterocycles. The lowest BCUT2D eigenvalue weighted by Gasteiger charge is -2.32. The Balaban J connectivity index is 1.48. The van der Waals surface area contributed by atoms with Crippen molar-refractivity contribution < 1.29 is 9.59 Å². The molecule has 0 atom stereocenters. The fourth-order valence-corrected chi connectivity index (χ4v) is 8.24. The number of carbonyl (C=O) groups excluding carboxylic acids is 2. The molecule has 0 unspecified atom stereocenters. The first-order valence-corrected chi connectivity index (χ1v) is 19.6. The van der Waals surface area contributed by atoms with Gasteiger partial charge in [0.2, 0.25) is 0 Å². The van der Waals surface area contributed by atoms with Crippen molar-refractivity contribution in [1.82, 2.24) is 9.97 Å². The van der Waals surface area contributed by atoms with Crippen LogP contribution in [-0.4, -0.2) is 21.5 Å². The Labute approximate surface area is 328 Å². The van der Waals surface area contributed by atoms with Crippen LogP contribution >= 0.6 is 11.6 Å². The highest BCUT2D eigenvalue weighted by atomic mass is 35.5. The lowest BCUT2D eigenvalue weighted by molar-refractivity contribution is 0.0988. The van der Waals surface area contributed by atoms with E-state index in [1.54, 1.807) is 6.08 Å². The van der Waals surface area contributed by atoms with Crippen molar-refractivity contribution in [2.45, 2.75) is 79.1 Å². The third kappa shape index (κ3) is 6.04. The molecular formula is C48H45ClN4O2. The van der Waals surface area contributed by atoms with Crippen LogP contribution in [0.3, 0.4) is 0 Å². The minimum Gasteiger partial charge on any atom is -0.288 e. The van der Waals surface area contributed by atoms with Gasteiger partial charge in [0.25, 0.3) is 0 Å². The van der Waals surface area contributed by atoms with Crippen molar-refractivity contribution in [3.8, 4) is 0 Å². The molecule has 0 spiro atoms. The van der Waals surface area contributed by atoms with E-state index in [0.29, 0.717) is 38.8 Å². The van der Waals surface area contributed by atoms with Gasteiger partial charge in [0.05, 0.1) is 28.0 Å². The molecule has 0 radical (unpaired) electrons. The second-order valence-electron chi connectivity index (χ2n) is 15.9. The van der Waals surface area contributed by atoms with Gasteiger partial charge in [0.15, 0.2) is 23.2 Å². The summed E-state index contributed by atoms with van der Waals surface area (Å²) >= 11 is 6.57. The average Bonchev–Trinajstić information content (AvgIpc) is 3.59. The molecule has 0 saturated heterocycles. The fraction of sp³-hybridized carbons (Fsp3) is 0.250. The Hall–Kier alpha value is -5.59. The van der Waals surface area contributed by atoms with Crippen molar-refractivity contribution in [3.05, 3.63) is 153 Å². The Bertz CT molecular complexity index is 2520. The Morgan fingerprint density at radius 1 is 0.527 bits per heavy atom. The molecule has 0 fully saturated rings. The molecule has 55 heavy (non-hydrogen) atoms. The van der Waals surface area contributed by atoms with Crippen molar-refractivity contribution >= 4 is 68.0 Å². The predicted octanol–water partition coefficient (Wildman–Crippen LogP) is 13.1. The monoisotopic (exact) mass is 744 g/mol.